The number of halogens is 3. The first-order valence-corrected chi connectivity index (χ1v) is 13.3. The molecule has 4 rings (SSSR count). The molecule has 0 unspecified atom stereocenters. The number of thioether (sulfide) groups is 1. The maximum Gasteiger partial charge on any atom is 0.293 e. The highest BCUT2D eigenvalue weighted by Crippen LogP contribution is 2.37. The van der Waals surface area contributed by atoms with E-state index in [1.54, 1.807) is 66.7 Å². The summed E-state index contributed by atoms with van der Waals surface area (Å²) < 4.78 is 11.4. The molecule has 1 N–H and O–H groups in total. The fourth-order valence-electron chi connectivity index (χ4n) is 3.54. The van der Waals surface area contributed by atoms with Crippen molar-refractivity contribution in [2.45, 2.75) is 13.5 Å². The number of imide groups is 1. The van der Waals surface area contributed by atoms with Crippen LogP contribution in [0, 0.1) is 0 Å². The number of ether oxygens (including phenoxy) is 2. The third-order valence-electron chi connectivity index (χ3n) is 5.28. The summed E-state index contributed by atoms with van der Waals surface area (Å²) in [6.45, 7) is 1.88. The van der Waals surface area contributed by atoms with Gasteiger partial charge in [-0.05, 0) is 72.8 Å². The molecule has 1 aliphatic rings. The van der Waals surface area contributed by atoms with Crippen LogP contribution in [0.25, 0.3) is 6.08 Å². The molecule has 196 valence electrons. The van der Waals surface area contributed by atoms with Crippen LogP contribution in [0.1, 0.15) is 18.1 Å². The van der Waals surface area contributed by atoms with Crippen molar-refractivity contribution in [1.29, 1.82) is 0 Å². The first-order valence-electron chi connectivity index (χ1n) is 11.4. The molecule has 0 aliphatic carbocycles. The molecule has 1 saturated heterocycles. The van der Waals surface area contributed by atoms with Gasteiger partial charge in [0, 0.05) is 26.3 Å². The number of hydrogen-bond acceptors (Lipinski definition) is 6. The Morgan fingerprint density at radius 1 is 0.974 bits per heavy atom. The number of nitrogens with zero attached hydrogens (tertiary/aromatic N) is 1. The summed E-state index contributed by atoms with van der Waals surface area (Å²) in [4.78, 5) is 39.2. The minimum absolute atomic E-state index is 0.0330. The van der Waals surface area contributed by atoms with Gasteiger partial charge in [-0.1, -0.05) is 53.0 Å². The molecule has 1 aliphatic heterocycles. The van der Waals surface area contributed by atoms with Gasteiger partial charge in [-0.3, -0.25) is 19.3 Å². The monoisotopic (exact) mass is 590 g/mol. The third-order valence-corrected chi connectivity index (χ3v) is 7.13. The van der Waals surface area contributed by atoms with Crippen molar-refractivity contribution in [3.63, 3.8) is 0 Å². The Balaban J connectivity index is 1.46. The molecule has 7 nitrogen and oxygen atoms in total. The van der Waals surface area contributed by atoms with Crippen LogP contribution in [0.2, 0.25) is 15.1 Å². The van der Waals surface area contributed by atoms with Crippen molar-refractivity contribution in [2.24, 2.45) is 0 Å². The Morgan fingerprint density at radius 2 is 1.71 bits per heavy atom. The van der Waals surface area contributed by atoms with Gasteiger partial charge in [0.2, 0.25) is 0 Å². The van der Waals surface area contributed by atoms with Crippen molar-refractivity contribution in [3.8, 4) is 11.5 Å². The van der Waals surface area contributed by atoms with E-state index in [0.29, 0.717) is 50.0 Å². The van der Waals surface area contributed by atoms with Crippen molar-refractivity contribution in [2.75, 3.05) is 18.5 Å². The first-order chi connectivity index (χ1) is 18.2. The van der Waals surface area contributed by atoms with E-state index in [4.69, 9.17) is 44.3 Å². The predicted octanol–water partition coefficient (Wildman–Crippen LogP) is 7.30. The zero-order chi connectivity index (χ0) is 27.2. The molecule has 0 bridgehead atoms. The Kier molecular flexibility index (Phi) is 9.22. The molecule has 1 fully saturated rings. The van der Waals surface area contributed by atoms with E-state index in [2.05, 4.69) is 5.32 Å². The van der Waals surface area contributed by atoms with E-state index in [1.807, 2.05) is 6.92 Å². The van der Waals surface area contributed by atoms with E-state index < -0.39 is 11.1 Å². The molecular formula is C27H21Cl3N2O5S. The van der Waals surface area contributed by atoms with Gasteiger partial charge < -0.3 is 14.8 Å². The van der Waals surface area contributed by atoms with Crippen LogP contribution in [-0.4, -0.2) is 35.2 Å². The van der Waals surface area contributed by atoms with Crippen LogP contribution in [-0.2, 0) is 16.1 Å². The molecule has 0 saturated carbocycles. The van der Waals surface area contributed by atoms with E-state index in [1.165, 1.54) is 0 Å². The Labute approximate surface area is 238 Å². The third kappa shape index (κ3) is 6.82. The summed E-state index contributed by atoms with van der Waals surface area (Å²) in [5.74, 6) is -0.0800. The smallest absolute Gasteiger partial charge is 0.293 e. The molecule has 0 aromatic heterocycles. The zero-order valence-corrected chi connectivity index (χ0v) is 23.1. The number of amides is 3. The number of carbonyl (C=O) groups is 3. The number of nitrogens with one attached hydrogen (secondary N) is 1. The van der Waals surface area contributed by atoms with E-state index in [9.17, 15) is 14.4 Å². The molecule has 38 heavy (non-hydrogen) atoms. The normalized spacial score (nSPS) is 14.2. The average molecular weight is 592 g/mol. The molecule has 3 aromatic rings. The second-order valence-corrected chi connectivity index (χ2v) is 10.2. The summed E-state index contributed by atoms with van der Waals surface area (Å²) in [6.07, 6.45) is 1.59. The summed E-state index contributed by atoms with van der Waals surface area (Å²) in [6, 6.07) is 16.8. The minimum Gasteiger partial charge on any atom is -0.490 e. The molecule has 3 amide bonds. The summed E-state index contributed by atoms with van der Waals surface area (Å²) in [5, 5.41) is 3.54. The highest BCUT2D eigenvalue weighted by molar-refractivity contribution is 8.18. The Bertz CT molecular complexity index is 1410. The van der Waals surface area contributed by atoms with E-state index in [-0.39, 0.29) is 24.0 Å². The van der Waals surface area contributed by atoms with Crippen LogP contribution >= 0.6 is 46.6 Å². The topological polar surface area (TPSA) is 84.9 Å². The van der Waals surface area contributed by atoms with Crippen molar-refractivity contribution in [1.82, 2.24) is 4.90 Å². The predicted molar refractivity (Wildman–Crippen MR) is 151 cm³/mol. The van der Waals surface area contributed by atoms with Gasteiger partial charge in [-0.15, -0.1) is 0 Å². The lowest BCUT2D eigenvalue weighted by molar-refractivity contribution is -0.123. The molecule has 0 radical (unpaired) electrons. The highest BCUT2D eigenvalue weighted by Gasteiger charge is 2.35. The number of hydrogen-bond donors (Lipinski definition) is 1. The molecule has 11 heteroatoms. The van der Waals surface area contributed by atoms with Gasteiger partial charge in [-0.25, -0.2) is 0 Å². The highest BCUT2D eigenvalue weighted by atomic mass is 35.5. The standard InChI is InChI=1S/C27H21Cl3N2O5S/c1-2-36-23-11-16(9-10-22(23)37-15-25(33)31-18-6-3-5-17(28)13-18)12-24-26(34)32(27(35)38-24)14-19-20(29)7-4-8-21(19)30/h3-13H,2,14-15H2,1H3,(H,31,33)/b24-12+. The molecule has 0 spiro atoms. The summed E-state index contributed by atoms with van der Waals surface area (Å²) in [5.41, 5.74) is 1.67. The summed E-state index contributed by atoms with van der Waals surface area (Å²) >= 11 is 19.2. The largest absolute Gasteiger partial charge is 0.490 e. The first kappa shape index (κ1) is 27.9. The zero-order valence-electron chi connectivity index (χ0n) is 20.0. The van der Waals surface area contributed by atoms with Crippen molar-refractivity contribution >= 4 is 75.4 Å². The lowest BCUT2D eigenvalue weighted by Gasteiger charge is -2.15. The fraction of sp³-hybridized carbons (Fsp3) is 0.148. The maximum absolute atomic E-state index is 13.0. The molecule has 3 aromatic carbocycles. The van der Waals surface area contributed by atoms with Gasteiger partial charge in [0.1, 0.15) is 0 Å². The summed E-state index contributed by atoms with van der Waals surface area (Å²) in [7, 11) is 0. The van der Waals surface area contributed by atoms with Crippen LogP contribution in [0.5, 0.6) is 11.5 Å². The van der Waals surface area contributed by atoms with Crippen LogP contribution in [0.15, 0.2) is 65.6 Å². The second kappa shape index (κ2) is 12.6. The Hall–Kier alpha value is -3.17. The van der Waals surface area contributed by atoms with Gasteiger partial charge in [0.05, 0.1) is 18.1 Å². The van der Waals surface area contributed by atoms with Crippen molar-refractivity contribution in [3.05, 3.63) is 91.8 Å². The Morgan fingerprint density at radius 3 is 2.42 bits per heavy atom. The van der Waals surface area contributed by atoms with Gasteiger partial charge in [-0.2, -0.15) is 0 Å². The van der Waals surface area contributed by atoms with Crippen LogP contribution < -0.4 is 14.8 Å². The van der Waals surface area contributed by atoms with Gasteiger partial charge in [0.25, 0.3) is 17.1 Å². The molecule has 1 heterocycles. The average Bonchev–Trinajstić information content (AvgIpc) is 3.13. The maximum atomic E-state index is 13.0. The number of carbonyl (C=O) groups excluding carboxylic acids is 3. The number of anilines is 1. The van der Waals surface area contributed by atoms with Crippen LogP contribution in [0.4, 0.5) is 10.5 Å². The SMILES string of the molecule is CCOc1cc(/C=C2/SC(=O)N(Cc3c(Cl)cccc3Cl)C2=O)ccc1OCC(=O)Nc1cccc(Cl)c1. The van der Waals surface area contributed by atoms with Gasteiger partial charge in [0.15, 0.2) is 18.1 Å². The molecular weight excluding hydrogens is 571 g/mol. The van der Waals surface area contributed by atoms with E-state index in [0.717, 1.165) is 16.7 Å². The quantitative estimate of drug-likeness (QED) is 0.263. The fourth-order valence-corrected chi connectivity index (χ4v) is 5.08. The van der Waals surface area contributed by atoms with E-state index >= 15 is 0 Å². The van der Waals surface area contributed by atoms with Gasteiger partial charge >= 0.3 is 0 Å². The number of rotatable bonds is 9. The minimum atomic E-state index is -0.452. The van der Waals surface area contributed by atoms with Crippen LogP contribution in [0.3, 0.4) is 0 Å². The lowest BCUT2D eigenvalue weighted by atomic mass is 10.1. The lowest BCUT2D eigenvalue weighted by Crippen LogP contribution is -2.27. The van der Waals surface area contributed by atoms with Crippen molar-refractivity contribution < 1.29 is 23.9 Å². The second-order valence-electron chi connectivity index (χ2n) is 7.95. The number of benzene rings is 3. The molecule has 0 atom stereocenters.